The fourth-order valence-electron chi connectivity index (χ4n) is 2.41. The van der Waals surface area contributed by atoms with Gasteiger partial charge in [0.15, 0.2) is 5.96 Å². The number of primary amides is 1. The van der Waals surface area contributed by atoms with E-state index < -0.39 is 5.91 Å². The number of rotatable bonds is 7. The molecule has 0 aliphatic carbocycles. The topological polar surface area (TPSA) is 113 Å². The second-order valence-electron chi connectivity index (χ2n) is 5.96. The maximum absolute atomic E-state index is 11.9. The first-order chi connectivity index (χ1) is 12.9. The van der Waals surface area contributed by atoms with E-state index in [9.17, 15) is 9.59 Å². The maximum Gasteiger partial charge on any atom is 0.251 e. The lowest BCUT2D eigenvalue weighted by atomic mass is 10.1. The maximum atomic E-state index is 11.9. The number of thiazole rings is 1. The number of aromatic nitrogens is 1. The van der Waals surface area contributed by atoms with Crippen molar-refractivity contribution in [3.63, 3.8) is 0 Å². The van der Waals surface area contributed by atoms with Crippen LogP contribution in [-0.4, -0.2) is 48.3 Å². The molecule has 2 aromatic rings. The molecule has 0 spiro atoms. The van der Waals surface area contributed by atoms with Gasteiger partial charge in [-0.2, -0.15) is 0 Å². The number of nitrogens with one attached hydrogen (secondary N) is 2. The molecule has 2 amide bonds. The van der Waals surface area contributed by atoms with E-state index in [1.165, 1.54) is 0 Å². The Morgan fingerprint density at radius 1 is 1.25 bits per heavy atom. The first-order valence-corrected chi connectivity index (χ1v) is 9.25. The van der Waals surface area contributed by atoms with Gasteiger partial charge in [0.25, 0.3) is 5.91 Å². The van der Waals surface area contributed by atoms with Crippen LogP contribution in [0, 0.1) is 6.92 Å². The summed E-state index contributed by atoms with van der Waals surface area (Å²) >= 11 is 1.63. The number of carbonyl (C=O) groups excluding carboxylic acids is 2. The van der Waals surface area contributed by atoms with E-state index in [0.717, 1.165) is 22.2 Å². The fraction of sp³-hybridized carbons (Fsp3) is 0.333. The number of hydrogen-bond acceptors (Lipinski definition) is 5. The standard InChI is InChI=1S/C18H24N6O2S.HI/c1-12-23-15(11-27-12)10-24(3)18(20-2)22-8-13-4-6-14(7-5-13)17(26)21-9-16(19)25;/h4-7,11H,8-10H2,1-3H3,(H2,19,25)(H,20,22)(H,21,26);1H. The molecule has 4 N–H and O–H groups in total. The molecule has 0 aliphatic rings. The highest BCUT2D eigenvalue weighted by atomic mass is 127. The molecule has 0 unspecified atom stereocenters. The minimum absolute atomic E-state index is 0. The third-order valence-electron chi connectivity index (χ3n) is 3.73. The summed E-state index contributed by atoms with van der Waals surface area (Å²) in [4.78, 5) is 33.3. The Hall–Kier alpha value is -2.21. The van der Waals surface area contributed by atoms with Crippen LogP contribution in [0.3, 0.4) is 0 Å². The van der Waals surface area contributed by atoms with E-state index in [4.69, 9.17) is 5.73 Å². The van der Waals surface area contributed by atoms with Gasteiger partial charge in [-0.3, -0.25) is 14.6 Å². The third kappa shape index (κ3) is 7.43. The van der Waals surface area contributed by atoms with Crippen LogP contribution in [0.5, 0.6) is 0 Å². The number of guanidine groups is 1. The Labute approximate surface area is 185 Å². The smallest absolute Gasteiger partial charge is 0.251 e. The van der Waals surface area contributed by atoms with Gasteiger partial charge in [0.05, 0.1) is 23.8 Å². The highest BCUT2D eigenvalue weighted by Gasteiger charge is 2.09. The number of benzene rings is 1. The second kappa shape index (κ2) is 11.6. The van der Waals surface area contributed by atoms with Gasteiger partial charge in [-0.05, 0) is 24.6 Å². The normalized spacial score (nSPS) is 10.8. The van der Waals surface area contributed by atoms with Crippen LogP contribution in [0.2, 0.25) is 0 Å². The summed E-state index contributed by atoms with van der Waals surface area (Å²) in [5.41, 5.74) is 7.50. The number of carbonyl (C=O) groups is 2. The van der Waals surface area contributed by atoms with Gasteiger partial charge in [0.1, 0.15) is 0 Å². The van der Waals surface area contributed by atoms with Crippen molar-refractivity contribution >= 4 is 53.1 Å². The summed E-state index contributed by atoms with van der Waals surface area (Å²) in [6.07, 6.45) is 0. The highest BCUT2D eigenvalue weighted by Crippen LogP contribution is 2.10. The van der Waals surface area contributed by atoms with E-state index in [1.54, 1.807) is 30.5 Å². The van der Waals surface area contributed by atoms with Crippen LogP contribution in [0.1, 0.15) is 26.6 Å². The lowest BCUT2D eigenvalue weighted by Gasteiger charge is -2.21. The highest BCUT2D eigenvalue weighted by molar-refractivity contribution is 14.0. The SMILES string of the molecule is CN=C(NCc1ccc(C(=O)NCC(N)=O)cc1)N(C)Cc1csc(C)n1.I. The number of nitrogens with two attached hydrogens (primary N) is 1. The number of hydrogen-bond donors (Lipinski definition) is 3. The number of amides is 2. The van der Waals surface area contributed by atoms with Crippen molar-refractivity contribution in [2.45, 2.75) is 20.0 Å². The molecule has 1 aromatic carbocycles. The third-order valence-corrected chi connectivity index (χ3v) is 4.55. The molecule has 2 rings (SSSR count). The van der Waals surface area contributed by atoms with Gasteiger partial charge in [-0.25, -0.2) is 4.98 Å². The summed E-state index contributed by atoms with van der Waals surface area (Å²) in [5, 5.41) is 8.83. The number of nitrogens with zero attached hydrogens (tertiary/aromatic N) is 3. The molecule has 0 fully saturated rings. The lowest BCUT2D eigenvalue weighted by Crippen LogP contribution is -2.38. The molecule has 0 radical (unpaired) electrons. The van der Waals surface area contributed by atoms with Crippen LogP contribution in [-0.2, 0) is 17.9 Å². The first-order valence-electron chi connectivity index (χ1n) is 8.37. The second-order valence-corrected chi connectivity index (χ2v) is 7.02. The fourth-order valence-corrected chi connectivity index (χ4v) is 3.01. The molecule has 10 heteroatoms. The zero-order chi connectivity index (χ0) is 19.8. The van der Waals surface area contributed by atoms with Crippen LogP contribution in [0.15, 0.2) is 34.6 Å². The molecule has 0 saturated carbocycles. The number of aryl methyl sites for hydroxylation is 1. The predicted octanol–water partition coefficient (Wildman–Crippen LogP) is 1.49. The van der Waals surface area contributed by atoms with Gasteiger partial charge in [0.2, 0.25) is 5.91 Å². The van der Waals surface area contributed by atoms with Gasteiger partial charge in [-0.15, -0.1) is 35.3 Å². The lowest BCUT2D eigenvalue weighted by molar-refractivity contribution is -0.117. The summed E-state index contributed by atoms with van der Waals surface area (Å²) < 4.78 is 0. The number of halogens is 1. The zero-order valence-electron chi connectivity index (χ0n) is 16.1. The minimum atomic E-state index is -0.576. The van der Waals surface area contributed by atoms with E-state index in [2.05, 4.69) is 20.6 Å². The van der Waals surface area contributed by atoms with E-state index in [0.29, 0.717) is 18.7 Å². The minimum Gasteiger partial charge on any atom is -0.368 e. The van der Waals surface area contributed by atoms with Gasteiger partial charge < -0.3 is 21.3 Å². The van der Waals surface area contributed by atoms with E-state index >= 15 is 0 Å². The van der Waals surface area contributed by atoms with Crippen molar-refractivity contribution in [1.82, 2.24) is 20.5 Å². The Morgan fingerprint density at radius 3 is 2.46 bits per heavy atom. The molecule has 28 heavy (non-hydrogen) atoms. The largest absolute Gasteiger partial charge is 0.368 e. The molecular weight excluding hydrogens is 491 g/mol. The Kier molecular flexibility index (Phi) is 9.87. The van der Waals surface area contributed by atoms with Crippen molar-refractivity contribution in [3.05, 3.63) is 51.5 Å². The summed E-state index contributed by atoms with van der Waals surface area (Å²) in [6.45, 7) is 3.04. The summed E-state index contributed by atoms with van der Waals surface area (Å²) in [6, 6.07) is 7.11. The first kappa shape index (κ1) is 23.8. The van der Waals surface area contributed by atoms with Gasteiger partial charge >= 0.3 is 0 Å². The van der Waals surface area contributed by atoms with Crippen LogP contribution in [0.25, 0.3) is 0 Å². The Morgan fingerprint density at radius 2 is 1.93 bits per heavy atom. The van der Waals surface area contributed by atoms with Crippen molar-refractivity contribution < 1.29 is 9.59 Å². The van der Waals surface area contributed by atoms with Crippen molar-refractivity contribution in [1.29, 1.82) is 0 Å². The average molecular weight is 516 g/mol. The quantitative estimate of drug-likeness (QED) is 0.293. The monoisotopic (exact) mass is 516 g/mol. The molecule has 1 aromatic heterocycles. The average Bonchev–Trinajstić information content (AvgIpc) is 3.05. The summed E-state index contributed by atoms with van der Waals surface area (Å²) in [5.74, 6) is -0.154. The molecular formula is C18H25IN6O2S. The molecule has 0 bridgehead atoms. The van der Waals surface area contributed by atoms with Crippen LogP contribution < -0.4 is 16.4 Å². The van der Waals surface area contributed by atoms with Crippen molar-refractivity contribution in [2.75, 3.05) is 20.6 Å². The van der Waals surface area contributed by atoms with Crippen LogP contribution >= 0.6 is 35.3 Å². The molecule has 152 valence electrons. The van der Waals surface area contributed by atoms with Crippen molar-refractivity contribution in [2.24, 2.45) is 10.7 Å². The molecule has 0 aliphatic heterocycles. The molecule has 0 atom stereocenters. The van der Waals surface area contributed by atoms with Crippen LogP contribution in [0.4, 0.5) is 0 Å². The molecule has 0 saturated heterocycles. The van der Waals surface area contributed by atoms with Crippen molar-refractivity contribution in [3.8, 4) is 0 Å². The Balaban J connectivity index is 0.00000392. The van der Waals surface area contributed by atoms with Gasteiger partial charge in [0, 0.05) is 31.6 Å². The predicted molar refractivity (Wildman–Crippen MR) is 122 cm³/mol. The van der Waals surface area contributed by atoms with E-state index in [-0.39, 0.29) is 36.4 Å². The molecule has 1 heterocycles. The zero-order valence-corrected chi connectivity index (χ0v) is 19.2. The summed E-state index contributed by atoms with van der Waals surface area (Å²) in [7, 11) is 3.69. The Bertz CT molecular complexity index is 822. The van der Waals surface area contributed by atoms with E-state index in [1.807, 2.05) is 36.4 Å². The number of aliphatic imine (C=N–C) groups is 1. The van der Waals surface area contributed by atoms with Gasteiger partial charge in [-0.1, -0.05) is 12.1 Å². The molecule has 8 nitrogen and oxygen atoms in total.